The molecular weight excluding hydrogens is 397 g/mol. The second-order valence-electron chi connectivity index (χ2n) is 6.50. The van der Waals surface area contributed by atoms with Crippen molar-refractivity contribution >= 4 is 28.5 Å². The van der Waals surface area contributed by atoms with Gasteiger partial charge in [0.15, 0.2) is 0 Å². The number of alkyl halides is 3. The molecule has 0 saturated carbocycles. The van der Waals surface area contributed by atoms with Gasteiger partial charge < -0.3 is 14.2 Å². The fourth-order valence-electron chi connectivity index (χ4n) is 3.29. The molecule has 0 unspecified atom stereocenters. The van der Waals surface area contributed by atoms with Gasteiger partial charge in [-0.25, -0.2) is 0 Å². The van der Waals surface area contributed by atoms with Crippen LogP contribution in [0.2, 0.25) is 5.02 Å². The van der Waals surface area contributed by atoms with Crippen molar-refractivity contribution in [3.8, 4) is 0 Å². The molecule has 0 radical (unpaired) electrons. The summed E-state index contributed by atoms with van der Waals surface area (Å²) in [5.41, 5.74) is 1.85. The first-order valence-electron chi connectivity index (χ1n) is 8.30. The molecule has 148 valence electrons. The summed E-state index contributed by atoms with van der Waals surface area (Å²) in [5.74, 6) is -1.01. The van der Waals surface area contributed by atoms with Gasteiger partial charge in [0.2, 0.25) is 0 Å². The molecule has 2 aromatic heterocycles. The molecule has 0 amide bonds. The first kappa shape index (κ1) is 20.0. The van der Waals surface area contributed by atoms with E-state index in [1.165, 1.54) is 12.3 Å². The summed E-state index contributed by atoms with van der Waals surface area (Å²) in [6.07, 6.45) is -3.10. The molecule has 1 aromatic carbocycles. The molecule has 28 heavy (non-hydrogen) atoms. The molecule has 0 spiro atoms. The van der Waals surface area contributed by atoms with Crippen LogP contribution < -0.4 is 5.56 Å². The summed E-state index contributed by atoms with van der Waals surface area (Å²) >= 11 is 6.08. The van der Waals surface area contributed by atoms with E-state index in [0.29, 0.717) is 26.4 Å². The molecule has 3 rings (SSSR count). The van der Waals surface area contributed by atoms with Gasteiger partial charge in [-0.2, -0.15) is 13.2 Å². The Morgan fingerprint density at radius 2 is 1.93 bits per heavy atom. The number of pyridine rings is 1. The largest absolute Gasteiger partial charge is 0.480 e. The topological polar surface area (TPSA) is 64.2 Å². The van der Waals surface area contributed by atoms with Gasteiger partial charge in [0.1, 0.15) is 13.1 Å². The zero-order chi connectivity index (χ0) is 20.6. The van der Waals surface area contributed by atoms with Gasteiger partial charge in [-0.05, 0) is 36.2 Å². The third-order valence-corrected chi connectivity index (χ3v) is 4.72. The van der Waals surface area contributed by atoms with Crippen LogP contribution in [0, 0.1) is 6.92 Å². The van der Waals surface area contributed by atoms with E-state index in [-0.39, 0.29) is 13.0 Å². The fraction of sp³-hybridized carbons (Fsp3) is 0.263. The highest BCUT2D eigenvalue weighted by molar-refractivity contribution is 6.31. The van der Waals surface area contributed by atoms with Gasteiger partial charge >= 0.3 is 12.1 Å². The van der Waals surface area contributed by atoms with Gasteiger partial charge in [-0.3, -0.25) is 9.59 Å². The van der Waals surface area contributed by atoms with Gasteiger partial charge in [-0.1, -0.05) is 17.7 Å². The SMILES string of the molecule is Cc1c(Cc2ccc(=O)n(CC(F)(F)F)c2)c2cc(Cl)ccc2n1CC(=O)O. The zero-order valence-corrected chi connectivity index (χ0v) is 15.5. The van der Waals surface area contributed by atoms with Crippen LogP contribution in [0.4, 0.5) is 13.2 Å². The Hall–Kier alpha value is -2.74. The smallest absolute Gasteiger partial charge is 0.406 e. The maximum atomic E-state index is 12.7. The lowest BCUT2D eigenvalue weighted by atomic mass is 10.0. The minimum Gasteiger partial charge on any atom is -0.480 e. The fourth-order valence-corrected chi connectivity index (χ4v) is 3.46. The number of carboxylic acid groups (broad SMARTS) is 1. The average molecular weight is 413 g/mol. The monoisotopic (exact) mass is 412 g/mol. The lowest BCUT2D eigenvalue weighted by Gasteiger charge is -2.11. The molecule has 0 aliphatic rings. The number of hydrogen-bond donors (Lipinski definition) is 1. The van der Waals surface area contributed by atoms with Crippen LogP contribution in [-0.2, 0) is 24.3 Å². The van der Waals surface area contributed by atoms with Crippen molar-refractivity contribution in [1.82, 2.24) is 9.13 Å². The van der Waals surface area contributed by atoms with Crippen molar-refractivity contribution in [2.75, 3.05) is 0 Å². The van der Waals surface area contributed by atoms with Crippen molar-refractivity contribution in [3.63, 3.8) is 0 Å². The van der Waals surface area contributed by atoms with Crippen molar-refractivity contribution in [3.05, 3.63) is 68.7 Å². The number of hydrogen-bond acceptors (Lipinski definition) is 2. The summed E-state index contributed by atoms with van der Waals surface area (Å²) in [6.45, 7) is 0.126. The normalized spacial score (nSPS) is 11.9. The number of aliphatic carboxylic acids is 1. The Morgan fingerprint density at radius 3 is 2.57 bits per heavy atom. The average Bonchev–Trinajstić information content (AvgIpc) is 2.81. The van der Waals surface area contributed by atoms with Crippen LogP contribution in [0.25, 0.3) is 10.9 Å². The highest BCUT2D eigenvalue weighted by atomic mass is 35.5. The maximum absolute atomic E-state index is 12.7. The van der Waals surface area contributed by atoms with E-state index in [1.54, 1.807) is 29.7 Å². The molecular formula is C19H16ClF3N2O3. The van der Waals surface area contributed by atoms with E-state index >= 15 is 0 Å². The van der Waals surface area contributed by atoms with Crippen LogP contribution in [0.5, 0.6) is 0 Å². The predicted octanol–water partition coefficient (Wildman–Crippen LogP) is 4.00. The molecule has 2 heterocycles. The lowest BCUT2D eigenvalue weighted by Crippen LogP contribution is -2.27. The first-order valence-corrected chi connectivity index (χ1v) is 8.68. The Labute approximate surface area is 162 Å². The number of carboxylic acids is 1. The summed E-state index contributed by atoms with van der Waals surface area (Å²) in [4.78, 5) is 22.9. The molecule has 0 saturated heterocycles. The standard InChI is InChI=1S/C19H16ClF3N2O3/c1-11-14(6-12-2-5-17(26)24(8-12)10-19(21,22)23)15-7-13(20)3-4-16(15)25(11)9-18(27)28/h2-5,7-8H,6,9-10H2,1H3,(H,27,28). The molecule has 0 aliphatic carbocycles. The zero-order valence-electron chi connectivity index (χ0n) is 14.8. The van der Waals surface area contributed by atoms with Crippen LogP contribution in [0.1, 0.15) is 16.8 Å². The third kappa shape index (κ3) is 4.22. The molecule has 0 atom stereocenters. The van der Waals surface area contributed by atoms with Gasteiger partial charge in [-0.15, -0.1) is 0 Å². The van der Waals surface area contributed by atoms with E-state index in [0.717, 1.165) is 17.0 Å². The van der Waals surface area contributed by atoms with Gasteiger partial charge in [0.05, 0.1) is 0 Å². The van der Waals surface area contributed by atoms with E-state index < -0.39 is 24.2 Å². The second kappa shape index (κ2) is 7.35. The van der Waals surface area contributed by atoms with Crippen molar-refractivity contribution < 1.29 is 23.1 Å². The predicted molar refractivity (Wildman–Crippen MR) is 98.9 cm³/mol. The Balaban J connectivity index is 2.09. The van der Waals surface area contributed by atoms with Crippen LogP contribution >= 0.6 is 11.6 Å². The minimum absolute atomic E-state index is 0.230. The van der Waals surface area contributed by atoms with E-state index in [1.807, 2.05) is 0 Å². The number of benzene rings is 1. The molecule has 0 aliphatic heterocycles. The Kier molecular flexibility index (Phi) is 5.25. The summed E-state index contributed by atoms with van der Waals surface area (Å²) < 4.78 is 40.3. The van der Waals surface area contributed by atoms with Crippen LogP contribution in [0.15, 0.2) is 41.3 Å². The highest BCUT2D eigenvalue weighted by Crippen LogP contribution is 2.30. The summed E-state index contributed by atoms with van der Waals surface area (Å²) in [6, 6.07) is 7.62. The number of fused-ring (bicyclic) bond motifs is 1. The summed E-state index contributed by atoms with van der Waals surface area (Å²) in [7, 11) is 0. The van der Waals surface area contributed by atoms with Crippen molar-refractivity contribution in [2.24, 2.45) is 0 Å². The minimum atomic E-state index is -4.51. The molecule has 0 bridgehead atoms. The lowest BCUT2D eigenvalue weighted by molar-refractivity contribution is -0.141. The van der Waals surface area contributed by atoms with Crippen LogP contribution in [0.3, 0.4) is 0 Å². The van der Waals surface area contributed by atoms with Crippen LogP contribution in [-0.4, -0.2) is 26.4 Å². The van der Waals surface area contributed by atoms with Crippen molar-refractivity contribution in [2.45, 2.75) is 32.6 Å². The van der Waals surface area contributed by atoms with Gasteiger partial charge in [0, 0.05) is 40.3 Å². The first-order chi connectivity index (χ1) is 13.0. The molecule has 5 nitrogen and oxygen atoms in total. The van der Waals surface area contributed by atoms with E-state index in [2.05, 4.69) is 0 Å². The number of rotatable bonds is 5. The number of halogens is 4. The quantitative estimate of drug-likeness (QED) is 0.689. The maximum Gasteiger partial charge on any atom is 0.406 e. The van der Waals surface area contributed by atoms with Gasteiger partial charge in [0.25, 0.3) is 5.56 Å². The summed E-state index contributed by atoms with van der Waals surface area (Å²) in [5, 5.41) is 10.4. The molecule has 3 aromatic rings. The Bertz CT molecular complexity index is 1120. The van der Waals surface area contributed by atoms with Crippen molar-refractivity contribution in [1.29, 1.82) is 0 Å². The number of nitrogens with zero attached hydrogens (tertiary/aromatic N) is 2. The Morgan fingerprint density at radius 1 is 1.21 bits per heavy atom. The number of aromatic nitrogens is 2. The molecule has 1 N–H and O–H groups in total. The highest BCUT2D eigenvalue weighted by Gasteiger charge is 2.28. The van der Waals surface area contributed by atoms with E-state index in [4.69, 9.17) is 11.6 Å². The van der Waals surface area contributed by atoms with E-state index in [9.17, 15) is 27.9 Å². The molecule has 9 heteroatoms. The second-order valence-corrected chi connectivity index (χ2v) is 6.94. The third-order valence-electron chi connectivity index (χ3n) is 4.48. The number of carbonyl (C=O) groups is 1. The molecule has 0 fully saturated rings.